The minimum absolute atomic E-state index is 0.0528. The lowest BCUT2D eigenvalue weighted by molar-refractivity contribution is 0.0426. The zero-order valence-corrected chi connectivity index (χ0v) is 31.2. The molecule has 53 heavy (non-hydrogen) atoms. The van der Waals surface area contributed by atoms with E-state index in [1.807, 2.05) is 11.3 Å². The van der Waals surface area contributed by atoms with Crippen molar-refractivity contribution in [1.29, 1.82) is 0 Å². The van der Waals surface area contributed by atoms with Crippen LogP contribution >= 0.6 is 11.3 Å². The van der Waals surface area contributed by atoms with E-state index in [2.05, 4.69) is 170 Å². The van der Waals surface area contributed by atoms with Gasteiger partial charge in [-0.2, -0.15) is 0 Å². The number of rotatable bonds is 4. The van der Waals surface area contributed by atoms with Crippen molar-refractivity contribution in [2.24, 2.45) is 23.7 Å². The molecule has 1 unspecified atom stereocenters. The van der Waals surface area contributed by atoms with Crippen molar-refractivity contribution in [1.82, 2.24) is 0 Å². The highest BCUT2D eigenvalue weighted by atomic mass is 32.1. The van der Waals surface area contributed by atoms with Gasteiger partial charge in [0.1, 0.15) is 0 Å². The molecule has 3 aliphatic carbocycles. The van der Waals surface area contributed by atoms with Gasteiger partial charge in [0.15, 0.2) is 0 Å². The van der Waals surface area contributed by atoms with E-state index in [0.717, 1.165) is 11.8 Å². The number of anilines is 3. The van der Waals surface area contributed by atoms with Gasteiger partial charge in [0.05, 0.1) is 5.69 Å². The normalized spacial score (nSPS) is 23.1. The Kier molecular flexibility index (Phi) is 7.05. The third kappa shape index (κ3) is 4.68. The summed E-state index contributed by atoms with van der Waals surface area (Å²) in [5.74, 6) is 2.91. The van der Waals surface area contributed by atoms with Crippen molar-refractivity contribution >= 4 is 59.3 Å². The van der Waals surface area contributed by atoms with Crippen LogP contribution in [0.3, 0.4) is 0 Å². The van der Waals surface area contributed by atoms with Gasteiger partial charge >= 0.3 is 0 Å². The van der Waals surface area contributed by atoms with Crippen molar-refractivity contribution in [3.05, 3.63) is 163 Å². The molecule has 0 radical (unpaired) electrons. The van der Waals surface area contributed by atoms with E-state index in [0.29, 0.717) is 11.8 Å². The molecule has 11 rings (SSSR count). The molecule has 7 aromatic carbocycles. The fourth-order valence-corrected chi connectivity index (χ4v) is 12.5. The molecule has 1 aromatic heterocycles. The largest absolute Gasteiger partial charge is 0.310 e. The topological polar surface area (TPSA) is 3.24 Å². The molecule has 2 fully saturated rings. The molecule has 2 heteroatoms. The van der Waals surface area contributed by atoms with Gasteiger partial charge in [-0.15, -0.1) is 11.3 Å². The fraction of sp³-hybridized carbons (Fsp3) is 0.216. The number of hydrogen-bond donors (Lipinski definition) is 0. The Bertz CT molecular complexity index is 2700. The zero-order chi connectivity index (χ0) is 35.3. The summed E-state index contributed by atoms with van der Waals surface area (Å²) in [5, 5.41) is 5.22. The lowest BCUT2D eigenvalue weighted by Gasteiger charge is -2.54. The zero-order valence-electron chi connectivity index (χ0n) is 30.4. The van der Waals surface area contributed by atoms with Gasteiger partial charge in [-0.05, 0) is 130 Å². The van der Waals surface area contributed by atoms with Crippen LogP contribution in [0.2, 0.25) is 0 Å². The van der Waals surface area contributed by atoms with Gasteiger partial charge in [0.25, 0.3) is 0 Å². The highest BCUT2D eigenvalue weighted by molar-refractivity contribution is 7.25. The molecule has 8 aromatic rings. The van der Waals surface area contributed by atoms with Gasteiger partial charge in [0.2, 0.25) is 0 Å². The number of hydrogen-bond acceptors (Lipinski definition) is 2. The Hall–Kier alpha value is -5.18. The van der Waals surface area contributed by atoms with Crippen molar-refractivity contribution in [3.63, 3.8) is 0 Å². The van der Waals surface area contributed by atoms with E-state index in [4.69, 9.17) is 0 Å². The summed E-state index contributed by atoms with van der Waals surface area (Å²) in [6.45, 7) is 5.08. The maximum absolute atomic E-state index is 2.57. The minimum atomic E-state index is 0.0528. The average molecular weight is 702 g/mol. The average Bonchev–Trinajstić information content (AvgIpc) is 3.71. The van der Waals surface area contributed by atoms with Gasteiger partial charge < -0.3 is 4.90 Å². The van der Waals surface area contributed by atoms with Gasteiger partial charge in [-0.25, -0.2) is 0 Å². The molecule has 1 spiro atoms. The first kappa shape index (κ1) is 31.4. The van der Waals surface area contributed by atoms with E-state index in [1.54, 1.807) is 11.1 Å². The van der Waals surface area contributed by atoms with Crippen LogP contribution in [0.5, 0.6) is 0 Å². The summed E-state index contributed by atoms with van der Waals surface area (Å²) < 4.78 is 2.69. The Labute approximate surface area is 316 Å². The standard InChI is InChI=1S/C51H43NS/c1-32-26-34-28-33(2)51(39(27-32)29-34)45-14-7-5-13-44(45)50-46(51)15-9-16-47(50)52(41-24-20-35-10-3-4-11-37(35)30-41)40-22-18-36(19-23-40)38-21-25-43-42-12-6-8-17-48(42)53-49(43)31-38/h3-25,30-34,39H,26-29H2,1-2H3/t32-,33+,34-,39-,51?/m0/s1. The monoisotopic (exact) mass is 701 g/mol. The fourth-order valence-electron chi connectivity index (χ4n) is 11.4. The Morgan fingerprint density at radius 1 is 0.547 bits per heavy atom. The van der Waals surface area contributed by atoms with Crippen LogP contribution in [0.25, 0.3) is 53.2 Å². The molecular formula is C51H43NS. The van der Waals surface area contributed by atoms with Crippen molar-refractivity contribution in [3.8, 4) is 22.3 Å². The summed E-state index contributed by atoms with van der Waals surface area (Å²) in [6, 6.07) is 57.5. The number of fused-ring (bicyclic) bond motifs is 12. The van der Waals surface area contributed by atoms with Crippen LogP contribution in [0.4, 0.5) is 17.1 Å². The predicted molar refractivity (Wildman–Crippen MR) is 227 cm³/mol. The van der Waals surface area contributed by atoms with Crippen molar-refractivity contribution < 1.29 is 0 Å². The summed E-state index contributed by atoms with van der Waals surface area (Å²) in [4.78, 5) is 2.54. The smallest absolute Gasteiger partial charge is 0.0543 e. The SMILES string of the molecule is C[C@H]1C[C@@H]2C[C@H](C1)C1(c3ccccc3-c3c(N(c4ccc(-c5ccc6c(c5)sc5ccccc56)cc4)c4ccc5ccccc5c4)cccc31)[C@H](C)C2. The third-order valence-electron chi connectivity index (χ3n) is 13.3. The van der Waals surface area contributed by atoms with E-state index < -0.39 is 0 Å². The van der Waals surface area contributed by atoms with Crippen LogP contribution in [0.1, 0.15) is 50.7 Å². The Morgan fingerprint density at radius 3 is 2.19 bits per heavy atom. The first-order chi connectivity index (χ1) is 26.1. The summed E-state index contributed by atoms with van der Waals surface area (Å²) >= 11 is 1.89. The molecule has 2 saturated carbocycles. The van der Waals surface area contributed by atoms with Crippen LogP contribution in [-0.2, 0) is 5.41 Å². The first-order valence-electron chi connectivity index (χ1n) is 19.6. The predicted octanol–water partition coefficient (Wildman–Crippen LogP) is 14.7. The lowest BCUT2D eigenvalue weighted by Crippen LogP contribution is -2.49. The van der Waals surface area contributed by atoms with E-state index in [-0.39, 0.29) is 5.41 Å². The van der Waals surface area contributed by atoms with Crippen LogP contribution in [-0.4, -0.2) is 0 Å². The van der Waals surface area contributed by atoms with Gasteiger partial charge in [0, 0.05) is 42.5 Å². The lowest BCUT2D eigenvalue weighted by atomic mass is 9.49. The van der Waals surface area contributed by atoms with Crippen molar-refractivity contribution in [2.75, 3.05) is 4.90 Å². The van der Waals surface area contributed by atoms with Crippen LogP contribution in [0, 0.1) is 23.7 Å². The van der Waals surface area contributed by atoms with E-state index in [9.17, 15) is 0 Å². The van der Waals surface area contributed by atoms with E-state index >= 15 is 0 Å². The number of benzene rings is 7. The molecule has 0 N–H and O–H groups in total. The molecule has 0 amide bonds. The third-order valence-corrected chi connectivity index (χ3v) is 14.5. The molecule has 258 valence electrons. The molecule has 5 atom stereocenters. The molecule has 1 nitrogen and oxygen atoms in total. The highest BCUT2D eigenvalue weighted by Gasteiger charge is 2.57. The molecule has 0 saturated heterocycles. The van der Waals surface area contributed by atoms with Crippen LogP contribution in [0.15, 0.2) is 152 Å². The molecule has 0 aliphatic heterocycles. The second-order valence-electron chi connectivity index (χ2n) is 16.3. The first-order valence-corrected chi connectivity index (χ1v) is 20.4. The minimum Gasteiger partial charge on any atom is -0.310 e. The second kappa shape index (κ2) is 11.9. The molecule has 2 bridgehead atoms. The van der Waals surface area contributed by atoms with E-state index in [1.165, 1.54) is 95.9 Å². The molecular weight excluding hydrogens is 659 g/mol. The maximum Gasteiger partial charge on any atom is 0.0543 e. The number of thiophene rings is 1. The van der Waals surface area contributed by atoms with Crippen molar-refractivity contribution in [2.45, 2.75) is 44.9 Å². The maximum atomic E-state index is 2.57. The summed E-state index contributed by atoms with van der Waals surface area (Å²) in [7, 11) is 0. The Morgan fingerprint density at radius 2 is 1.28 bits per heavy atom. The van der Waals surface area contributed by atoms with Crippen LogP contribution < -0.4 is 4.90 Å². The van der Waals surface area contributed by atoms with Gasteiger partial charge in [-0.3, -0.25) is 0 Å². The molecule has 3 aliphatic rings. The second-order valence-corrected chi connectivity index (χ2v) is 17.4. The number of nitrogens with zero attached hydrogens (tertiary/aromatic N) is 1. The molecule has 1 heterocycles. The summed E-state index contributed by atoms with van der Waals surface area (Å²) in [5.41, 5.74) is 12.2. The highest BCUT2D eigenvalue weighted by Crippen LogP contribution is 2.66. The Balaban J connectivity index is 1.09. The van der Waals surface area contributed by atoms with Gasteiger partial charge in [-0.1, -0.05) is 123 Å². The summed E-state index contributed by atoms with van der Waals surface area (Å²) in [6.07, 6.45) is 5.40. The quantitative estimate of drug-likeness (QED) is 0.177.